The van der Waals surface area contributed by atoms with Crippen molar-refractivity contribution in [3.8, 4) is 0 Å². The average Bonchev–Trinajstić information content (AvgIpc) is 2.68. The maximum atomic E-state index is 13.1. The summed E-state index contributed by atoms with van der Waals surface area (Å²) in [6, 6.07) is 6.06. The largest absolute Gasteiger partial charge is 0.366 e. The molecule has 1 heterocycles. The Morgan fingerprint density at radius 1 is 1.26 bits per heavy atom. The van der Waals surface area contributed by atoms with Crippen LogP contribution < -0.4 is 5.73 Å². The lowest BCUT2D eigenvalue weighted by molar-refractivity contribution is 0.1000. The van der Waals surface area contributed by atoms with Crippen molar-refractivity contribution >= 4 is 15.9 Å². The number of carbonyl (C=O) groups excluding carboxylic acids is 1. The van der Waals surface area contributed by atoms with Crippen molar-refractivity contribution in [3.63, 3.8) is 0 Å². The molecule has 1 aromatic carbocycles. The van der Waals surface area contributed by atoms with E-state index in [1.165, 1.54) is 18.2 Å². The molecule has 0 spiro atoms. The van der Waals surface area contributed by atoms with Crippen LogP contribution in [-0.4, -0.2) is 31.2 Å². The van der Waals surface area contributed by atoms with E-state index in [2.05, 4.69) is 20.8 Å². The maximum Gasteiger partial charge on any atom is 0.248 e. The minimum atomic E-state index is -3.61. The lowest BCUT2D eigenvalue weighted by Gasteiger charge is -2.39. The third kappa shape index (κ3) is 2.90. The summed E-state index contributed by atoms with van der Waals surface area (Å²) >= 11 is 0. The summed E-state index contributed by atoms with van der Waals surface area (Å²) in [6.07, 6.45) is 2.81. The summed E-state index contributed by atoms with van der Waals surface area (Å²) in [5.41, 5.74) is 5.67. The van der Waals surface area contributed by atoms with Gasteiger partial charge in [0.25, 0.3) is 0 Å². The number of rotatable bonds is 3. The molecule has 2 fully saturated rings. The second-order valence-electron chi connectivity index (χ2n) is 8.16. The first kappa shape index (κ1) is 16.5. The topological polar surface area (TPSA) is 80.5 Å². The van der Waals surface area contributed by atoms with Gasteiger partial charge in [-0.1, -0.05) is 26.8 Å². The van der Waals surface area contributed by atoms with Crippen LogP contribution in [0.3, 0.4) is 0 Å². The van der Waals surface area contributed by atoms with Crippen LogP contribution in [0, 0.1) is 10.8 Å². The first-order chi connectivity index (χ1) is 10.5. The van der Waals surface area contributed by atoms with Gasteiger partial charge in [-0.2, -0.15) is 4.31 Å². The normalized spacial score (nSPS) is 30.3. The van der Waals surface area contributed by atoms with Gasteiger partial charge in [-0.25, -0.2) is 8.42 Å². The van der Waals surface area contributed by atoms with Gasteiger partial charge in [-0.05, 0) is 48.3 Å². The number of benzene rings is 1. The predicted molar refractivity (Wildman–Crippen MR) is 88.4 cm³/mol. The summed E-state index contributed by atoms with van der Waals surface area (Å²) in [6.45, 7) is 7.14. The van der Waals surface area contributed by atoms with E-state index in [-0.39, 0.29) is 27.3 Å². The van der Waals surface area contributed by atoms with E-state index in [9.17, 15) is 13.2 Å². The number of hydrogen-bond acceptors (Lipinski definition) is 3. The Bertz CT molecular complexity index is 757. The number of sulfonamides is 1. The Morgan fingerprint density at radius 3 is 2.61 bits per heavy atom. The highest BCUT2D eigenvalue weighted by atomic mass is 32.2. The van der Waals surface area contributed by atoms with Crippen LogP contribution in [0.25, 0.3) is 0 Å². The van der Waals surface area contributed by atoms with Gasteiger partial charge in [0.05, 0.1) is 4.90 Å². The van der Waals surface area contributed by atoms with Crippen LogP contribution in [-0.2, 0) is 10.0 Å². The van der Waals surface area contributed by atoms with E-state index >= 15 is 0 Å². The van der Waals surface area contributed by atoms with Crippen molar-refractivity contribution in [2.45, 2.75) is 51.0 Å². The quantitative estimate of drug-likeness (QED) is 0.920. The fourth-order valence-corrected chi connectivity index (χ4v) is 6.45. The Hall–Kier alpha value is -1.40. The zero-order valence-corrected chi connectivity index (χ0v) is 14.7. The summed E-state index contributed by atoms with van der Waals surface area (Å²) in [4.78, 5) is 11.5. The number of nitrogens with two attached hydrogens (primary N) is 1. The van der Waals surface area contributed by atoms with Crippen LogP contribution in [0.4, 0.5) is 0 Å². The molecule has 2 bridgehead atoms. The van der Waals surface area contributed by atoms with E-state index in [4.69, 9.17) is 5.73 Å². The lowest BCUT2D eigenvalue weighted by Crippen LogP contribution is -2.37. The van der Waals surface area contributed by atoms with Gasteiger partial charge < -0.3 is 5.73 Å². The van der Waals surface area contributed by atoms with Crippen molar-refractivity contribution in [2.75, 3.05) is 6.54 Å². The highest BCUT2D eigenvalue weighted by molar-refractivity contribution is 7.89. The third-order valence-electron chi connectivity index (χ3n) is 5.09. The smallest absolute Gasteiger partial charge is 0.248 e. The molecule has 1 aliphatic carbocycles. The highest BCUT2D eigenvalue weighted by Gasteiger charge is 2.53. The molecule has 23 heavy (non-hydrogen) atoms. The molecule has 1 amide bonds. The molecule has 1 aromatic rings. The van der Waals surface area contributed by atoms with E-state index in [1.54, 1.807) is 10.4 Å². The Balaban J connectivity index is 1.98. The van der Waals surface area contributed by atoms with Gasteiger partial charge >= 0.3 is 0 Å². The molecule has 2 atom stereocenters. The summed E-state index contributed by atoms with van der Waals surface area (Å²) in [5.74, 6) is -0.615. The number of fused-ring (bicyclic) bond motifs is 2. The maximum absolute atomic E-state index is 13.1. The lowest BCUT2D eigenvalue weighted by atomic mass is 9.65. The van der Waals surface area contributed by atoms with Gasteiger partial charge in [0.2, 0.25) is 15.9 Å². The molecule has 0 radical (unpaired) electrons. The average molecular weight is 336 g/mol. The Morgan fingerprint density at radius 2 is 1.96 bits per heavy atom. The first-order valence-electron chi connectivity index (χ1n) is 7.94. The second-order valence-corrected chi connectivity index (χ2v) is 10.0. The number of nitrogens with zero attached hydrogens (tertiary/aromatic N) is 1. The molecule has 126 valence electrons. The molecule has 6 heteroatoms. The molecule has 0 unspecified atom stereocenters. The van der Waals surface area contributed by atoms with Crippen LogP contribution in [0.15, 0.2) is 29.2 Å². The van der Waals surface area contributed by atoms with Crippen molar-refractivity contribution in [2.24, 2.45) is 16.6 Å². The zero-order chi connectivity index (χ0) is 17.0. The molecule has 1 saturated carbocycles. The molecular weight excluding hydrogens is 312 g/mol. The van der Waals surface area contributed by atoms with Crippen LogP contribution >= 0.6 is 0 Å². The fourth-order valence-electron chi connectivity index (χ4n) is 4.63. The first-order valence-corrected chi connectivity index (χ1v) is 9.38. The number of primary amides is 1. The predicted octanol–water partition coefficient (Wildman–Crippen LogP) is 2.37. The summed E-state index contributed by atoms with van der Waals surface area (Å²) in [5, 5.41) is 0. The second kappa shape index (κ2) is 5.05. The van der Waals surface area contributed by atoms with Gasteiger partial charge in [0.1, 0.15) is 0 Å². The van der Waals surface area contributed by atoms with Crippen LogP contribution in [0.1, 0.15) is 50.4 Å². The minimum Gasteiger partial charge on any atom is -0.366 e. The van der Waals surface area contributed by atoms with E-state index in [1.807, 2.05) is 0 Å². The Labute approximate surface area is 137 Å². The standard InChI is InChI=1S/C17H24N2O3S/c1-16(2)8-13-9-17(3,10-16)11-19(13)23(21,22)14-6-4-5-12(7-14)15(18)20/h4-7,13H,8-11H2,1-3H3,(H2,18,20)/t13-,17+/m0/s1. The van der Waals surface area contributed by atoms with E-state index < -0.39 is 15.9 Å². The zero-order valence-electron chi connectivity index (χ0n) is 13.9. The monoisotopic (exact) mass is 336 g/mol. The molecule has 5 nitrogen and oxygen atoms in total. The van der Waals surface area contributed by atoms with Gasteiger partial charge in [-0.15, -0.1) is 0 Å². The van der Waals surface area contributed by atoms with E-state index in [0.29, 0.717) is 6.54 Å². The van der Waals surface area contributed by atoms with Crippen LogP contribution in [0.5, 0.6) is 0 Å². The van der Waals surface area contributed by atoms with E-state index in [0.717, 1.165) is 19.3 Å². The molecule has 1 saturated heterocycles. The summed E-state index contributed by atoms with van der Waals surface area (Å²) < 4.78 is 27.8. The number of hydrogen-bond donors (Lipinski definition) is 1. The molecule has 3 rings (SSSR count). The Kier molecular flexibility index (Phi) is 3.61. The third-order valence-corrected chi connectivity index (χ3v) is 6.99. The summed E-state index contributed by atoms with van der Waals surface area (Å²) in [7, 11) is -3.61. The molecule has 2 aliphatic rings. The van der Waals surface area contributed by atoms with Gasteiger partial charge in [0, 0.05) is 18.2 Å². The highest BCUT2D eigenvalue weighted by Crippen LogP contribution is 2.53. The van der Waals surface area contributed by atoms with Crippen molar-refractivity contribution in [1.82, 2.24) is 4.31 Å². The SMILES string of the molecule is CC1(C)C[C@H]2C[C@@](C)(CN2S(=O)(=O)c2cccc(C(N)=O)c2)C1. The molecular formula is C17H24N2O3S. The molecule has 0 aromatic heterocycles. The molecule has 2 N–H and O–H groups in total. The number of carbonyl (C=O) groups is 1. The number of amides is 1. The van der Waals surface area contributed by atoms with Gasteiger partial charge in [0.15, 0.2) is 0 Å². The fraction of sp³-hybridized carbons (Fsp3) is 0.588. The minimum absolute atomic E-state index is 0.0286. The van der Waals surface area contributed by atoms with Crippen molar-refractivity contribution in [1.29, 1.82) is 0 Å². The van der Waals surface area contributed by atoms with Gasteiger partial charge in [-0.3, -0.25) is 4.79 Å². The van der Waals surface area contributed by atoms with Crippen LogP contribution in [0.2, 0.25) is 0 Å². The van der Waals surface area contributed by atoms with Crippen molar-refractivity contribution < 1.29 is 13.2 Å². The van der Waals surface area contributed by atoms with Crippen molar-refractivity contribution in [3.05, 3.63) is 29.8 Å². The molecule has 1 aliphatic heterocycles.